The summed E-state index contributed by atoms with van der Waals surface area (Å²) in [6.45, 7) is 3.00. The first-order valence-electron chi connectivity index (χ1n) is 10.00. The lowest BCUT2D eigenvalue weighted by Crippen LogP contribution is -2.56. The smallest absolute Gasteiger partial charge is 0.249 e. The van der Waals surface area contributed by atoms with Crippen molar-refractivity contribution in [3.8, 4) is 5.75 Å². The Kier molecular flexibility index (Phi) is 5.83. The maximum absolute atomic E-state index is 12.6. The molecular weight excluding hydrogens is 382 g/mol. The number of guanidine groups is 1. The number of amides is 2. The van der Waals surface area contributed by atoms with Gasteiger partial charge >= 0.3 is 0 Å². The SMILES string of the molecule is COc1ccc(N2CCN(C3=N[C@@H](C(=O)Nc4ccccc4)CC(=O)N3)CC2)cc1. The quantitative estimate of drug-likeness (QED) is 0.806. The van der Waals surface area contributed by atoms with Crippen LogP contribution in [0.4, 0.5) is 11.4 Å². The molecule has 0 aromatic heterocycles. The van der Waals surface area contributed by atoms with E-state index in [2.05, 4.69) is 20.5 Å². The highest BCUT2D eigenvalue weighted by atomic mass is 16.5. The van der Waals surface area contributed by atoms with Crippen molar-refractivity contribution in [3.05, 3.63) is 54.6 Å². The average Bonchev–Trinajstić information content (AvgIpc) is 2.79. The number of rotatable bonds is 4. The van der Waals surface area contributed by atoms with Crippen molar-refractivity contribution in [1.82, 2.24) is 10.2 Å². The van der Waals surface area contributed by atoms with E-state index in [-0.39, 0.29) is 18.2 Å². The van der Waals surface area contributed by atoms with Crippen LogP contribution in [0.15, 0.2) is 59.6 Å². The van der Waals surface area contributed by atoms with Gasteiger partial charge < -0.3 is 19.9 Å². The summed E-state index contributed by atoms with van der Waals surface area (Å²) in [4.78, 5) is 33.6. The van der Waals surface area contributed by atoms with Gasteiger partial charge in [0.2, 0.25) is 17.8 Å². The number of carbonyl (C=O) groups is 2. The first kappa shape index (κ1) is 19.8. The number of nitrogens with one attached hydrogen (secondary N) is 2. The van der Waals surface area contributed by atoms with E-state index in [9.17, 15) is 9.59 Å². The zero-order valence-corrected chi connectivity index (χ0v) is 16.9. The molecule has 2 aliphatic rings. The minimum absolute atomic E-state index is 0.0496. The largest absolute Gasteiger partial charge is 0.497 e. The van der Waals surface area contributed by atoms with Gasteiger partial charge in [-0.2, -0.15) is 0 Å². The highest BCUT2D eigenvalue weighted by Gasteiger charge is 2.30. The summed E-state index contributed by atoms with van der Waals surface area (Å²) in [5, 5.41) is 5.66. The van der Waals surface area contributed by atoms with Crippen molar-refractivity contribution < 1.29 is 14.3 Å². The molecule has 1 atom stereocenters. The molecular formula is C22H25N5O3. The number of para-hydroxylation sites is 1. The summed E-state index contributed by atoms with van der Waals surface area (Å²) in [7, 11) is 1.65. The summed E-state index contributed by atoms with van der Waals surface area (Å²) < 4.78 is 5.21. The predicted molar refractivity (Wildman–Crippen MR) is 116 cm³/mol. The van der Waals surface area contributed by atoms with Crippen molar-refractivity contribution in [2.45, 2.75) is 12.5 Å². The van der Waals surface area contributed by atoms with Crippen LogP contribution in [0.5, 0.6) is 5.75 Å². The molecule has 30 heavy (non-hydrogen) atoms. The minimum Gasteiger partial charge on any atom is -0.497 e. The molecule has 2 heterocycles. The Morgan fingerprint density at radius 1 is 1.03 bits per heavy atom. The fourth-order valence-electron chi connectivity index (χ4n) is 3.61. The van der Waals surface area contributed by atoms with E-state index in [4.69, 9.17) is 4.74 Å². The van der Waals surface area contributed by atoms with Gasteiger partial charge in [-0.1, -0.05) is 18.2 Å². The number of hydrogen-bond acceptors (Lipinski definition) is 6. The van der Waals surface area contributed by atoms with Gasteiger partial charge in [-0.25, -0.2) is 4.99 Å². The second-order valence-corrected chi connectivity index (χ2v) is 7.25. The molecule has 4 rings (SSSR count). The average molecular weight is 407 g/mol. The number of methoxy groups -OCH3 is 1. The van der Waals surface area contributed by atoms with Crippen LogP contribution in [-0.4, -0.2) is 62.0 Å². The zero-order chi connectivity index (χ0) is 20.9. The number of nitrogens with zero attached hydrogens (tertiary/aromatic N) is 3. The molecule has 2 amide bonds. The number of carbonyl (C=O) groups excluding carboxylic acids is 2. The van der Waals surface area contributed by atoms with E-state index in [1.54, 1.807) is 7.11 Å². The van der Waals surface area contributed by atoms with Gasteiger partial charge in [0.1, 0.15) is 11.8 Å². The van der Waals surface area contributed by atoms with Crippen LogP contribution in [0.1, 0.15) is 6.42 Å². The van der Waals surface area contributed by atoms with Crippen LogP contribution in [0.2, 0.25) is 0 Å². The Morgan fingerprint density at radius 3 is 2.37 bits per heavy atom. The summed E-state index contributed by atoms with van der Waals surface area (Å²) in [5.41, 5.74) is 1.82. The monoisotopic (exact) mass is 407 g/mol. The van der Waals surface area contributed by atoms with E-state index in [0.29, 0.717) is 24.7 Å². The fourth-order valence-corrected chi connectivity index (χ4v) is 3.61. The van der Waals surface area contributed by atoms with Crippen LogP contribution in [-0.2, 0) is 9.59 Å². The van der Waals surface area contributed by atoms with Gasteiger partial charge in [0.15, 0.2) is 0 Å². The van der Waals surface area contributed by atoms with Gasteiger partial charge in [0.25, 0.3) is 0 Å². The standard InChI is InChI=1S/C22H25N5O3/c1-30-18-9-7-17(8-10-18)26-11-13-27(14-12-26)22-24-19(15-20(28)25-22)21(29)23-16-5-3-2-4-6-16/h2-10,19H,11-15H2,1H3,(H,23,29)(H,24,25,28)/t19-/m1/s1. The van der Waals surface area contributed by atoms with Gasteiger partial charge in [0, 0.05) is 37.6 Å². The van der Waals surface area contributed by atoms with Crippen molar-refractivity contribution in [2.24, 2.45) is 4.99 Å². The first-order valence-corrected chi connectivity index (χ1v) is 10.00. The number of anilines is 2. The van der Waals surface area contributed by atoms with Crippen molar-refractivity contribution in [3.63, 3.8) is 0 Å². The predicted octanol–water partition coefficient (Wildman–Crippen LogP) is 1.70. The van der Waals surface area contributed by atoms with Crippen molar-refractivity contribution >= 4 is 29.1 Å². The normalized spacial score (nSPS) is 19.0. The molecule has 2 aliphatic heterocycles. The molecule has 2 aromatic carbocycles. The van der Waals surface area contributed by atoms with Crippen LogP contribution >= 0.6 is 0 Å². The summed E-state index contributed by atoms with van der Waals surface area (Å²) >= 11 is 0. The van der Waals surface area contributed by atoms with E-state index >= 15 is 0 Å². The van der Waals surface area contributed by atoms with Crippen LogP contribution in [0.25, 0.3) is 0 Å². The van der Waals surface area contributed by atoms with Crippen LogP contribution < -0.4 is 20.3 Å². The van der Waals surface area contributed by atoms with Gasteiger partial charge in [-0.15, -0.1) is 0 Å². The Labute approximate surface area is 175 Å². The lowest BCUT2D eigenvalue weighted by Gasteiger charge is -2.38. The van der Waals surface area contributed by atoms with Crippen molar-refractivity contribution in [1.29, 1.82) is 0 Å². The Hall–Kier alpha value is -3.55. The van der Waals surface area contributed by atoms with E-state index in [1.807, 2.05) is 59.5 Å². The second-order valence-electron chi connectivity index (χ2n) is 7.25. The number of piperazine rings is 1. The molecule has 0 saturated carbocycles. The van der Waals surface area contributed by atoms with Gasteiger partial charge in [0.05, 0.1) is 13.5 Å². The van der Waals surface area contributed by atoms with E-state index < -0.39 is 6.04 Å². The fraction of sp³-hybridized carbons (Fsp3) is 0.318. The Balaban J connectivity index is 1.39. The second kappa shape index (κ2) is 8.86. The number of ether oxygens (including phenoxy) is 1. The van der Waals surface area contributed by atoms with E-state index in [0.717, 1.165) is 24.5 Å². The molecule has 8 heteroatoms. The van der Waals surface area contributed by atoms with Gasteiger partial charge in [-0.05, 0) is 36.4 Å². The Bertz CT molecular complexity index is 922. The molecule has 0 aliphatic carbocycles. The summed E-state index contributed by atoms with van der Waals surface area (Å²) in [5.74, 6) is 0.849. The topological polar surface area (TPSA) is 86.3 Å². The molecule has 0 spiro atoms. The summed E-state index contributed by atoms with van der Waals surface area (Å²) in [6, 6.07) is 16.4. The molecule has 2 N–H and O–H groups in total. The van der Waals surface area contributed by atoms with Crippen molar-refractivity contribution in [2.75, 3.05) is 43.5 Å². The van der Waals surface area contributed by atoms with Crippen LogP contribution in [0, 0.1) is 0 Å². The number of aliphatic imine (C=N–C) groups is 1. The molecule has 0 bridgehead atoms. The number of hydrogen-bond donors (Lipinski definition) is 2. The minimum atomic E-state index is -0.728. The molecule has 1 saturated heterocycles. The third-order valence-electron chi connectivity index (χ3n) is 5.27. The highest BCUT2D eigenvalue weighted by molar-refractivity contribution is 6.06. The first-order chi connectivity index (χ1) is 14.6. The van der Waals surface area contributed by atoms with E-state index in [1.165, 1.54) is 0 Å². The lowest BCUT2D eigenvalue weighted by atomic mass is 10.1. The lowest BCUT2D eigenvalue weighted by molar-refractivity contribution is -0.125. The number of benzene rings is 2. The molecule has 0 unspecified atom stereocenters. The van der Waals surface area contributed by atoms with Gasteiger partial charge in [-0.3, -0.25) is 14.9 Å². The molecule has 2 aromatic rings. The molecule has 0 radical (unpaired) electrons. The molecule has 8 nitrogen and oxygen atoms in total. The van der Waals surface area contributed by atoms with Crippen LogP contribution in [0.3, 0.4) is 0 Å². The highest BCUT2D eigenvalue weighted by Crippen LogP contribution is 2.21. The third kappa shape index (κ3) is 4.53. The summed E-state index contributed by atoms with van der Waals surface area (Å²) in [6.07, 6.45) is 0.0496. The maximum atomic E-state index is 12.6. The molecule has 1 fully saturated rings. The zero-order valence-electron chi connectivity index (χ0n) is 16.9. The molecule has 156 valence electrons. The maximum Gasteiger partial charge on any atom is 0.249 e. The third-order valence-corrected chi connectivity index (χ3v) is 5.27. The Morgan fingerprint density at radius 2 is 1.70 bits per heavy atom.